The Kier molecular flexibility index (Phi) is 2.25. The van der Waals surface area contributed by atoms with Crippen LogP contribution in [0.15, 0.2) is 29.6 Å². The first-order valence-corrected chi connectivity index (χ1v) is 5.16. The second-order valence-corrected chi connectivity index (χ2v) is 4.08. The van der Waals surface area contributed by atoms with Crippen LogP contribution < -0.4 is 5.73 Å². The molecule has 2 aromatic rings. The van der Waals surface area contributed by atoms with E-state index in [4.69, 9.17) is 5.73 Å². The molecule has 0 atom stereocenters. The molecule has 72 valence electrons. The van der Waals surface area contributed by atoms with Crippen molar-refractivity contribution in [1.29, 1.82) is 0 Å². The summed E-state index contributed by atoms with van der Waals surface area (Å²) < 4.78 is 13.0. The summed E-state index contributed by atoms with van der Waals surface area (Å²) in [5.74, 6) is -0.248. The van der Waals surface area contributed by atoms with Crippen molar-refractivity contribution in [3.8, 4) is 10.4 Å². The van der Waals surface area contributed by atoms with Crippen LogP contribution in [0.2, 0.25) is 0 Å². The topological polar surface area (TPSA) is 26.0 Å². The van der Waals surface area contributed by atoms with Crippen molar-refractivity contribution in [2.45, 2.75) is 6.92 Å². The Bertz CT molecular complexity index is 462. The third-order valence-corrected chi connectivity index (χ3v) is 3.17. The lowest BCUT2D eigenvalue weighted by Crippen LogP contribution is -1.90. The van der Waals surface area contributed by atoms with Gasteiger partial charge in [0.1, 0.15) is 5.82 Å². The van der Waals surface area contributed by atoms with Crippen LogP contribution in [-0.2, 0) is 0 Å². The highest BCUT2D eigenvalue weighted by atomic mass is 32.1. The van der Waals surface area contributed by atoms with Gasteiger partial charge in [0.15, 0.2) is 0 Å². The quantitative estimate of drug-likeness (QED) is 0.712. The standard InChI is InChI=1S/C11H10FNS/c1-7-4-5-14-11(7)9-6-8(12)2-3-10(9)13/h2-6H,13H2,1H3. The van der Waals surface area contributed by atoms with E-state index in [1.54, 1.807) is 17.4 Å². The first-order chi connectivity index (χ1) is 6.68. The first-order valence-electron chi connectivity index (χ1n) is 4.28. The zero-order valence-electron chi connectivity index (χ0n) is 7.75. The molecule has 0 aliphatic carbocycles. The van der Waals surface area contributed by atoms with Gasteiger partial charge >= 0.3 is 0 Å². The van der Waals surface area contributed by atoms with E-state index in [1.165, 1.54) is 12.1 Å². The van der Waals surface area contributed by atoms with E-state index in [9.17, 15) is 4.39 Å². The van der Waals surface area contributed by atoms with Crippen molar-refractivity contribution in [3.05, 3.63) is 41.0 Å². The number of nitrogens with two attached hydrogens (primary N) is 1. The summed E-state index contributed by atoms with van der Waals surface area (Å²) in [4.78, 5) is 1.04. The third-order valence-electron chi connectivity index (χ3n) is 2.12. The average Bonchev–Trinajstić information content (AvgIpc) is 2.56. The number of aryl methyl sites for hydroxylation is 1. The number of thiophene rings is 1. The Balaban J connectivity index is 2.62. The second kappa shape index (κ2) is 3.42. The van der Waals surface area contributed by atoms with Gasteiger partial charge in [-0.15, -0.1) is 11.3 Å². The van der Waals surface area contributed by atoms with Gasteiger partial charge in [-0.05, 0) is 42.1 Å². The van der Waals surface area contributed by atoms with Crippen LogP contribution in [-0.4, -0.2) is 0 Å². The van der Waals surface area contributed by atoms with E-state index in [2.05, 4.69) is 0 Å². The normalized spacial score (nSPS) is 10.4. The lowest BCUT2D eigenvalue weighted by molar-refractivity contribution is 0.628. The highest BCUT2D eigenvalue weighted by Crippen LogP contribution is 2.33. The Morgan fingerprint density at radius 1 is 1.29 bits per heavy atom. The van der Waals surface area contributed by atoms with Crippen molar-refractivity contribution in [2.75, 3.05) is 5.73 Å². The van der Waals surface area contributed by atoms with Crippen molar-refractivity contribution < 1.29 is 4.39 Å². The lowest BCUT2D eigenvalue weighted by atomic mass is 10.1. The van der Waals surface area contributed by atoms with Gasteiger partial charge in [0, 0.05) is 16.1 Å². The van der Waals surface area contributed by atoms with Gasteiger partial charge in [-0.25, -0.2) is 4.39 Å². The summed E-state index contributed by atoms with van der Waals surface area (Å²) in [6.07, 6.45) is 0. The van der Waals surface area contributed by atoms with E-state index in [0.717, 1.165) is 16.0 Å². The minimum atomic E-state index is -0.248. The van der Waals surface area contributed by atoms with E-state index in [1.807, 2.05) is 18.4 Å². The largest absolute Gasteiger partial charge is 0.398 e. The molecule has 0 aliphatic rings. The van der Waals surface area contributed by atoms with Crippen LogP contribution in [0.1, 0.15) is 5.56 Å². The Morgan fingerprint density at radius 2 is 2.07 bits per heavy atom. The van der Waals surface area contributed by atoms with Gasteiger partial charge in [0.2, 0.25) is 0 Å². The van der Waals surface area contributed by atoms with E-state index in [0.29, 0.717) is 5.69 Å². The fourth-order valence-electron chi connectivity index (χ4n) is 1.37. The van der Waals surface area contributed by atoms with Crippen LogP contribution in [0.5, 0.6) is 0 Å². The molecule has 0 fully saturated rings. The molecule has 0 saturated carbocycles. The highest BCUT2D eigenvalue weighted by molar-refractivity contribution is 7.13. The molecule has 0 saturated heterocycles. The molecule has 0 bridgehead atoms. The molecule has 1 aromatic carbocycles. The smallest absolute Gasteiger partial charge is 0.124 e. The fraction of sp³-hybridized carbons (Fsp3) is 0.0909. The van der Waals surface area contributed by atoms with Crippen molar-refractivity contribution in [2.24, 2.45) is 0 Å². The molecule has 1 nitrogen and oxygen atoms in total. The molecule has 0 amide bonds. The minimum Gasteiger partial charge on any atom is -0.398 e. The molecule has 3 heteroatoms. The maximum Gasteiger partial charge on any atom is 0.124 e. The number of anilines is 1. The lowest BCUT2D eigenvalue weighted by Gasteiger charge is -2.04. The molecular formula is C11H10FNS. The number of benzene rings is 1. The molecule has 2 rings (SSSR count). The SMILES string of the molecule is Cc1ccsc1-c1cc(F)ccc1N. The molecule has 1 aromatic heterocycles. The molecule has 2 N–H and O–H groups in total. The number of hydrogen-bond acceptors (Lipinski definition) is 2. The molecule has 1 heterocycles. The van der Waals surface area contributed by atoms with Gasteiger partial charge in [-0.3, -0.25) is 0 Å². The number of rotatable bonds is 1. The number of halogens is 1. The molecule has 0 unspecified atom stereocenters. The van der Waals surface area contributed by atoms with Crippen molar-refractivity contribution in [1.82, 2.24) is 0 Å². The Hall–Kier alpha value is -1.35. The number of hydrogen-bond donors (Lipinski definition) is 1. The Morgan fingerprint density at radius 3 is 2.71 bits per heavy atom. The van der Waals surface area contributed by atoms with Crippen molar-refractivity contribution in [3.63, 3.8) is 0 Å². The zero-order valence-corrected chi connectivity index (χ0v) is 8.57. The molecule has 14 heavy (non-hydrogen) atoms. The van der Waals surface area contributed by atoms with E-state index in [-0.39, 0.29) is 5.82 Å². The summed E-state index contributed by atoms with van der Waals surface area (Å²) in [6, 6.07) is 6.46. The first kappa shape index (κ1) is 9.21. The minimum absolute atomic E-state index is 0.248. The summed E-state index contributed by atoms with van der Waals surface area (Å²) in [5.41, 5.74) is 8.33. The monoisotopic (exact) mass is 207 g/mol. The Labute approximate surface area is 86.0 Å². The molecule has 0 aliphatic heterocycles. The summed E-state index contributed by atoms with van der Waals surface area (Å²) in [5, 5.41) is 1.98. The van der Waals surface area contributed by atoms with E-state index >= 15 is 0 Å². The van der Waals surface area contributed by atoms with Crippen LogP contribution in [0.25, 0.3) is 10.4 Å². The van der Waals surface area contributed by atoms with Crippen LogP contribution in [0.4, 0.5) is 10.1 Å². The molecule has 0 spiro atoms. The fourth-order valence-corrected chi connectivity index (χ4v) is 2.34. The van der Waals surface area contributed by atoms with Gasteiger partial charge in [-0.1, -0.05) is 0 Å². The van der Waals surface area contributed by atoms with E-state index < -0.39 is 0 Å². The summed E-state index contributed by atoms with van der Waals surface area (Å²) in [7, 11) is 0. The predicted molar refractivity (Wildman–Crippen MR) is 58.9 cm³/mol. The summed E-state index contributed by atoms with van der Waals surface area (Å²) >= 11 is 1.58. The third kappa shape index (κ3) is 1.51. The number of nitrogen functional groups attached to an aromatic ring is 1. The van der Waals surface area contributed by atoms with Crippen LogP contribution in [0.3, 0.4) is 0 Å². The summed E-state index contributed by atoms with van der Waals surface area (Å²) in [6.45, 7) is 2.00. The maximum atomic E-state index is 13.0. The predicted octanol–water partition coefficient (Wildman–Crippen LogP) is 3.44. The van der Waals surface area contributed by atoms with Gasteiger partial charge in [-0.2, -0.15) is 0 Å². The van der Waals surface area contributed by atoms with Crippen molar-refractivity contribution >= 4 is 17.0 Å². The van der Waals surface area contributed by atoms with Crippen LogP contribution in [0, 0.1) is 12.7 Å². The maximum absolute atomic E-state index is 13.0. The average molecular weight is 207 g/mol. The van der Waals surface area contributed by atoms with Crippen LogP contribution >= 0.6 is 11.3 Å². The molecular weight excluding hydrogens is 197 g/mol. The van der Waals surface area contributed by atoms with Gasteiger partial charge in [0.05, 0.1) is 0 Å². The zero-order chi connectivity index (χ0) is 10.1. The van der Waals surface area contributed by atoms with Gasteiger partial charge < -0.3 is 5.73 Å². The second-order valence-electron chi connectivity index (χ2n) is 3.16. The van der Waals surface area contributed by atoms with Gasteiger partial charge in [0.25, 0.3) is 0 Å². The highest BCUT2D eigenvalue weighted by Gasteiger charge is 2.07. The molecule has 0 radical (unpaired) electrons.